The molecule has 1 aromatic heterocycles. The van der Waals surface area contributed by atoms with Crippen molar-refractivity contribution in [1.82, 2.24) is 14.8 Å². The number of likely N-dealkylation sites (tertiary alicyclic amines) is 1. The van der Waals surface area contributed by atoms with Gasteiger partial charge in [-0.3, -0.25) is 14.7 Å². The number of piperidine rings is 1. The lowest BCUT2D eigenvalue weighted by molar-refractivity contribution is -0.147. The van der Waals surface area contributed by atoms with Gasteiger partial charge in [-0.2, -0.15) is 0 Å². The zero-order chi connectivity index (χ0) is 16.4. The summed E-state index contributed by atoms with van der Waals surface area (Å²) in [6.07, 6.45) is 5.70. The van der Waals surface area contributed by atoms with Crippen LogP contribution in [-0.4, -0.2) is 72.3 Å². The van der Waals surface area contributed by atoms with Crippen molar-refractivity contribution in [3.63, 3.8) is 0 Å². The van der Waals surface area contributed by atoms with Gasteiger partial charge in [-0.25, -0.2) is 0 Å². The van der Waals surface area contributed by atoms with E-state index < -0.39 is 0 Å². The molecule has 0 aromatic carbocycles. The Hall–Kier alpha value is -1.50. The van der Waals surface area contributed by atoms with Crippen LogP contribution in [0.2, 0.25) is 0 Å². The van der Waals surface area contributed by atoms with Crippen LogP contribution in [0, 0.1) is 5.92 Å². The van der Waals surface area contributed by atoms with Crippen LogP contribution < -0.4 is 0 Å². The van der Waals surface area contributed by atoms with E-state index in [1.54, 1.807) is 0 Å². The predicted octanol–water partition coefficient (Wildman–Crippen LogP) is 0.920. The molecule has 3 atom stereocenters. The van der Waals surface area contributed by atoms with Crippen molar-refractivity contribution in [2.45, 2.75) is 31.5 Å². The summed E-state index contributed by atoms with van der Waals surface area (Å²) in [4.78, 5) is 21.3. The number of amides is 1. The molecule has 0 spiro atoms. The molecule has 1 aromatic rings. The number of hydrogen-bond acceptors (Lipinski definition) is 5. The first-order chi connectivity index (χ1) is 11.8. The first-order valence-corrected chi connectivity index (χ1v) is 8.92. The normalized spacial score (nSPS) is 31.0. The SMILES string of the molecule is O=C([C@H]1CCOC1)N1CC[C@@H]2OCCN(Cc3ccncc3)[C@H]2C1. The highest BCUT2D eigenvalue weighted by Crippen LogP contribution is 2.26. The van der Waals surface area contributed by atoms with E-state index in [-0.39, 0.29) is 24.0 Å². The third kappa shape index (κ3) is 3.31. The van der Waals surface area contributed by atoms with E-state index in [1.165, 1.54) is 5.56 Å². The van der Waals surface area contributed by atoms with E-state index in [0.29, 0.717) is 13.2 Å². The summed E-state index contributed by atoms with van der Waals surface area (Å²) >= 11 is 0. The van der Waals surface area contributed by atoms with Crippen LogP contribution in [0.25, 0.3) is 0 Å². The fourth-order valence-electron chi connectivity index (χ4n) is 4.05. The predicted molar refractivity (Wildman–Crippen MR) is 88.3 cm³/mol. The molecule has 3 fully saturated rings. The second kappa shape index (κ2) is 7.17. The third-order valence-corrected chi connectivity index (χ3v) is 5.43. The van der Waals surface area contributed by atoms with Crippen molar-refractivity contribution >= 4 is 5.91 Å². The lowest BCUT2D eigenvalue weighted by atomic mass is 9.96. The van der Waals surface area contributed by atoms with E-state index in [9.17, 15) is 4.79 Å². The average Bonchev–Trinajstić information content (AvgIpc) is 3.17. The van der Waals surface area contributed by atoms with Crippen molar-refractivity contribution in [2.24, 2.45) is 5.92 Å². The summed E-state index contributed by atoms with van der Waals surface area (Å²) in [5.74, 6) is 0.320. The zero-order valence-corrected chi connectivity index (χ0v) is 14.0. The third-order valence-electron chi connectivity index (χ3n) is 5.43. The number of carbonyl (C=O) groups is 1. The topological polar surface area (TPSA) is 54.9 Å². The number of morpholine rings is 1. The van der Waals surface area contributed by atoms with Gasteiger partial charge in [0.2, 0.25) is 5.91 Å². The molecule has 24 heavy (non-hydrogen) atoms. The molecule has 3 aliphatic rings. The smallest absolute Gasteiger partial charge is 0.228 e. The van der Waals surface area contributed by atoms with Crippen LogP contribution in [-0.2, 0) is 20.8 Å². The Kier molecular flexibility index (Phi) is 4.78. The van der Waals surface area contributed by atoms with Gasteiger partial charge in [-0.1, -0.05) is 0 Å². The van der Waals surface area contributed by atoms with E-state index in [2.05, 4.69) is 22.0 Å². The number of pyridine rings is 1. The number of ether oxygens (including phenoxy) is 2. The number of fused-ring (bicyclic) bond motifs is 1. The summed E-state index contributed by atoms with van der Waals surface area (Å²) in [7, 11) is 0. The monoisotopic (exact) mass is 331 g/mol. The molecule has 130 valence electrons. The minimum atomic E-state index is 0.0553. The minimum absolute atomic E-state index is 0.0553. The van der Waals surface area contributed by atoms with Crippen LogP contribution in [0.4, 0.5) is 0 Å². The lowest BCUT2D eigenvalue weighted by Gasteiger charge is -2.47. The van der Waals surface area contributed by atoms with Crippen LogP contribution in [0.3, 0.4) is 0 Å². The van der Waals surface area contributed by atoms with Crippen molar-refractivity contribution in [1.29, 1.82) is 0 Å². The van der Waals surface area contributed by atoms with Gasteiger partial charge in [0.15, 0.2) is 0 Å². The van der Waals surface area contributed by atoms with E-state index >= 15 is 0 Å². The Morgan fingerprint density at radius 3 is 2.88 bits per heavy atom. The number of nitrogens with zero attached hydrogens (tertiary/aromatic N) is 3. The van der Waals surface area contributed by atoms with E-state index in [1.807, 2.05) is 17.3 Å². The van der Waals surface area contributed by atoms with Crippen LogP contribution in [0.1, 0.15) is 18.4 Å². The molecular formula is C18H25N3O3. The molecule has 6 heteroatoms. The summed E-state index contributed by atoms with van der Waals surface area (Å²) in [5, 5.41) is 0. The van der Waals surface area contributed by atoms with Gasteiger partial charge < -0.3 is 14.4 Å². The Labute approximate surface area is 142 Å². The number of aromatic nitrogens is 1. The fraction of sp³-hybridized carbons (Fsp3) is 0.667. The molecule has 0 radical (unpaired) electrons. The maximum Gasteiger partial charge on any atom is 0.228 e. The van der Waals surface area contributed by atoms with Gasteiger partial charge in [0.25, 0.3) is 0 Å². The molecule has 0 unspecified atom stereocenters. The molecule has 0 N–H and O–H groups in total. The summed E-state index contributed by atoms with van der Waals surface area (Å²) in [5.41, 5.74) is 1.26. The second-order valence-electron chi connectivity index (χ2n) is 6.94. The van der Waals surface area contributed by atoms with Gasteiger partial charge in [-0.15, -0.1) is 0 Å². The first kappa shape index (κ1) is 16.0. The van der Waals surface area contributed by atoms with Crippen LogP contribution in [0.15, 0.2) is 24.5 Å². The average molecular weight is 331 g/mol. The van der Waals surface area contributed by atoms with Gasteiger partial charge in [0.1, 0.15) is 0 Å². The summed E-state index contributed by atoms with van der Waals surface area (Å²) < 4.78 is 11.4. The summed E-state index contributed by atoms with van der Waals surface area (Å²) in [6.45, 7) is 5.45. The summed E-state index contributed by atoms with van der Waals surface area (Å²) in [6, 6.07) is 4.41. The number of rotatable bonds is 3. The molecule has 0 aliphatic carbocycles. The maximum absolute atomic E-state index is 12.7. The molecule has 0 saturated carbocycles. The Morgan fingerprint density at radius 1 is 1.21 bits per heavy atom. The number of carbonyl (C=O) groups excluding carboxylic acids is 1. The van der Waals surface area contributed by atoms with Gasteiger partial charge in [0, 0.05) is 45.2 Å². The van der Waals surface area contributed by atoms with Crippen molar-refractivity contribution in [3.8, 4) is 0 Å². The molecule has 6 nitrogen and oxygen atoms in total. The second-order valence-corrected chi connectivity index (χ2v) is 6.94. The molecule has 0 bridgehead atoms. The van der Waals surface area contributed by atoms with E-state index in [4.69, 9.17) is 9.47 Å². The first-order valence-electron chi connectivity index (χ1n) is 8.92. The quantitative estimate of drug-likeness (QED) is 0.824. The Balaban J connectivity index is 1.44. The van der Waals surface area contributed by atoms with Gasteiger partial charge >= 0.3 is 0 Å². The molecular weight excluding hydrogens is 306 g/mol. The molecule has 4 heterocycles. The van der Waals surface area contributed by atoms with Crippen molar-refractivity contribution < 1.29 is 14.3 Å². The van der Waals surface area contributed by atoms with Gasteiger partial charge in [0.05, 0.1) is 31.3 Å². The van der Waals surface area contributed by atoms with Crippen molar-refractivity contribution in [2.75, 3.05) is 39.5 Å². The number of hydrogen-bond donors (Lipinski definition) is 0. The van der Waals surface area contributed by atoms with E-state index in [0.717, 1.165) is 45.6 Å². The molecule has 1 amide bonds. The highest BCUT2D eigenvalue weighted by molar-refractivity contribution is 5.79. The maximum atomic E-state index is 12.7. The Morgan fingerprint density at radius 2 is 2.08 bits per heavy atom. The van der Waals surface area contributed by atoms with Crippen LogP contribution in [0.5, 0.6) is 0 Å². The molecule has 3 saturated heterocycles. The minimum Gasteiger partial charge on any atom is -0.381 e. The highest BCUT2D eigenvalue weighted by atomic mass is 16.5. The zero-order valence-electron chi connectivity index (χ0n) is 14.0. The lowest BCUT2D eigenvalue weighted by Crippen LogP contribution is -2.61. The standard InChI is InChI=1S/C18H25N3O3/c22-18(15-4-9-23-13-15)21-7-3-17-16(12-21)20(8-10-24-17)11-14-1-5-19-6-2-14/h1-2,5-6,15-17H,3-4,7-13H2/t15-,16-,17-/m0/s1. The fourth-order valence-corrected chi connectivity index (χ4v) is 4.05. The van der Waals surface area contributed by atoms with Crippen LogP contribution >= 0.6 is 0 Å². The Bertz CT molecular complexity index is 562. The van der Waals surface area contributed by atoms with Gasteiger partial charge in [-0.05, 0) is 30.5 Å². The largest absolute Gasteiger partial charge is 0.381 e. The molecule has 4 rings (SSSR count). The van der Waals surface area contributed by atoms with Crippen molar-refractivity contribution in [3.05, 3.63) is 30.1 Å². The highest BCUT2D eigenvalue weighted by Gasteiger charge is 2.40. The molecule has 3 aliphatic heterocycles.